The van der Waals surface area contributed by atoms with Gasteiger partial charge in [0.15, 0.2) is 0 Å². The minimum atomic E-state index is -0.441. The van der Waals surface area contributed by atoms with Gasteiger partial charge in [-0.25, -0.2) is 4.39 Å². The zero-order chi connectivity index (χ0) is 16.3. The number of rotatable bonds is 5. The molecule has 0 saturated heterocycles. The van der Waals surface area contributed by atoms with Gasteiger partial charge in [-0.2, -0.15) is 0 Å². The molecule has 2 N–H and O–H groups in total. The van der Waals surface area contributed by atoms with E-state index in [2.05, 4.69) is 9.88 Å². The van der Waals surface area contributed by atoms with Gasteiger partial charge in [0.1, 0.15) is 5.82 Å². The first-order chi connectivity index (χ1) is 10.5. The largest absolute Gasteiger partial charge is 0.392 e. The smallest absolute Gasteiger partial charge is 0.253 e. The number of carbonyl (C=O) groups excluding carboxylic acids is 1. The fraction of sp³-hybridized carbons (Fsp3) is 0.353. The van der Waals surface area contributed by atoms with E-state index < -0.39 is 5.82 Å². The second-order valence-electron chi connectivity index (χ2n) is 5.30. The van der Waals surface area contributed by atoms with Crippen molar-refractivity contribution in [1.82, 2.24) is 9.88 Å². The summed E-state index contributed by atoms with van der Waals surface area (Å²) < 4.78 is 15.4. The summed E-state index contributed by atoms with van der Waals surface area (Å²) in [5.41, 5.74) is 3.63. The second-order valence-corrected chi connectivity index (χ2v) is 5.30. The number of amides is 1. The van der Waals surface area contributed by atoms with Gasteiger partial charge in [-0.1, -0.05) is 6.07 Å². The van der Waals surface area contributed by atoms with Gasteiger partial charge < -0.3 is 15.0 Å². The van der Waals surface area contributed by atoms with Crippen molar-refractivity contribution in [1.29, 1.82) is 0 Å². The quantitative estimate of drug-likeness (QED) is 0.892. The maximum Gasteiger partial charge on any atom is 0.253 e. The molecule has 5 heteroatoms. The Labute approximate surface area is 129 Å². The lowest BCUT2D eigenvalue weighted by molar-refractivity contribution is 0.0950. The summed E-state index contributed by atoms with van der Waals surface area (Å²) in [7, 11) is 0. The van der Waals surface area contributed by atoms with Crippen LogP contribution in [0.15, 0.2) is 24.3 Å². The van der Waals surface area contributed by atoms with Crippen molar-refractivity contribution in [2.24, 2.45) is 0 Å². The maximum atomic E-state index is 13.3. The first-order valence-corrected chi connectivity index (χ1v) is 7.31. The van der Waals surface area contributed by atoms with Crippen LogP contribution in [-0.4, -0.2) is 15.6 Å². The van der Waals surface area contributed by atoms with Crippen LogP contribution >= 0.6 is 0 Å². The highest BCUT2D eigenvalue weighted by molar-refractivity contribution is 5.95. The van der Waals surface area contributed by atoms with Crippen molar-refractivity contribution >= 4 is 5.91 Å². The number of aliphatic hydroxyl groups is 1. The fourth-order valence-corrected chi connectivity index (χ4v) is 2.65. The number of carbonyl (C=O) groups is 1. The monoisotopic (exact) mass is 304 g/mol. The maximum absolute atomic E-state index is 13.3. The van der Waals surface area contributed by atoms with Gasteiger partial charge in [-0.05, 0) is 44.5 Å². The van der Waals surface area contributed by atoms with E-state index in [1.165, 1.54) is 6.07 Å². The Morgan fingerprint density at radius 2 is 2.05 bits per heavy atom. The standard InChI is InChI=1S/C17H21FN2O2/c1-4-20-11(2)7-15(12(20)3)17(22)19-9-13-5-6-16(18)14(8-13)10-21/h5-8,21H,4,9-10H2,1-3H3,(H,19,22). The normalized spacial score (nSPS) is 10.8. The van der Waals surface area contributed by atoms with Crippen LogP contribution in [-0.2, 0) is 19.7 Å². The molecular weight excluding hydrogens is 283 g/mol. The van der Waals surface area contributed by atoms with Crippen molar-refractivity contribution in [2.75, 3.05) is 0 Å². The van der Waals surface area contributed by atoms with E-state index in [9.17, 15) is 9.18 Å². The number of benzene rings is 1. The van der Waals surface area contributed by atoms with Crippen molar-refractivity contribution in [2.45, 2.75) is 40.5 Å². The van der Waals surface area contributed by atoms with Crippen LogP contribution in [0.5, 0.6) is 0 Å². The molecule has 0 saturated carbocycles. The minimum absolute atomic E-state index is 0.150. The average molecular weight is 304 g/mol. The van der Waals surface area contributed by atoms with Crippen LogP contribution in [0.3, 0.4) is 0 Å². The summed E-state index contributed by atoms with van der Waals surface area (Å²) >= 11 is 0. The highest BCUT2D eigenvalue weighted by Crippen LogP contribution is 2.15. The lowest BCUT2D eigenvalue weighted by Gasteiger charge is -2.08. The molecule has 0 atom stereocenters. The molecule has 118 valence electrons. The van der Waals surface area contributed by atoms with E-state index in [0.717, 1.165) is 23.5 Å². The number of nitrogens with one attached hydrogen (secondary N) is 1. The molecule has 0 radical (unpaired) electrons. The summed E-state index contributed by atoms with van der Waals surface area (Å²) in [5, 5.41) is 11.9. The average Bonchev–Trinajstić information content (AvgIpc) is 2.80. The van der Waals surface area contributed by atoms with Crippen LogP contribution in [0.25, 0.3) is 0 Å². The van der Waals surface area contributed by atoms with E-state index >= 15 is 0 Å². The molecule has 0 aliphatic heterocycles. The molecular formula is C17H21FN2O2. The van der Waals surface area contributed by atoms with Crippen LogP contribution in [0, 0.1) is 19.7 Å². The second kappa shape index (κ2) is 6.75. The molecule has 0 bridgehead atoms. The van der Waals surface area contributed by atoms with E-state index in [1.54, 1.807) is 12.1 Å². The summed E-state index contributed by atoms with van der Waals surface area (Å²) in [6.45, 7) is 6.69. The Bertz CT molecular complexity index is 692. The van der Waals surface area contributed by atoms with Crippen LogP contribution in [0.2, 0.25) is 0 Å². The van der Waals surface area contributed by atoms with Crippen molar-refractivity contribution in [3.63, 3.8) is 0 Å². The molecule has 0 aliphatic carbocycles. The molecule has 1 aromatic heterocycles. The first kappa shape index (κ1) is 16.2. The zero-order valence-electron chi connectivity index (χ0n) is 13.1. The minimum Gasteiger partial charge on any atom is -0.392 e. The lowest BCUT2D eigenvalue weighted by atomic mass is 10.1. The number of aliphatic hydroxyl groups excluding tert-OH is 1. The summed E-state index contributed by atoms with van der Waals surface area (Å²) in [4.78, 5) is 12.3. The SMILES string of the molecule is CCn1c(C)cc(C(=O)NCc2ccc(F)c(CO)c2)c1C. The number of hydrogen-bond acceptors (Lipinski definition) is 2. The van der Waals surface area contributed by atoms with Gasteiger partial charge in [0.25, 0.3) is 5.91 Å². The van der Waals surface area contributed by atoms with Gasteiger partial charge in [-0.15, -0.1) is 0 Å². The zero-order valence-corrected chi connectivity index (χ0v) is 13.1. The number of aromatic nitrogens is 1. The van der Waals surface area contributed by atoms with Crippen molar-refractivity contribution in [3.05, 3.63) is 58.2 Å². The van der Waals surface area contributed by atoms with Crippen molar-refractivity contribution < 1.29 is 14.3 Å². The van der Waals surface area contributed by atoms with Gasteiger partial charge in [0, 0.05) is 30.0 Å². The molecule has 0 aliphatic rings. The molecule has 1 heterocycles. The Morgan fingerprint density at radius 3 is 2.64 bits per heavy atom. The number of hydrogen-bond donors (Lipinski definition) is 2. The van der Waals surface area contributed by atoms with Gasteiger partial charge >= 0.3 is 0 Å². The summed E-state index contributed by atoms with van der Waals surface area (Å²) in [6.07, 6.45) is 0. The third-order valence-corrected chi connectivity index (χ3v) is 3.87. The first-order valence-electron chi connectivity index (χ1n) is 7.31. The van der Waals surface area contributed by atoms with Crippen LogP contribution < -0.4 is 5.32 Å². The van der Waals surface area contributed by atoms with E-state index in [1.807, 2.05) is 26.8 Å². The molecule has 4 nitrogen and oxygen atoms in total. The van der Waals surface area contributed by atoms with Gasteiger partial charge in [0.05, 0.1) is 12.2 Å². The third-order valence-electron chi connectivity index (χ3n) is 3.87. The number of nitrogens with zero attached hydrogens (tertiary/aromatic N) is 1. The topological polar surface area (TPSA) is 54.3 Å². The predicted molar refractivity (Wildman–Crippen MR) is 83.1 cm³/mol. The predicted octanol–water partition coefficient (Wildman–Crippen LogP) is 2.69. The molecule has 1 amide bonds. The lowest BCUT2D eigenvalue weighted by Crippen LogP contribution is -2.23. The van der Waals surface area contributed by atoms with Gasteiger partial charge in [0.2, 0.25) is 0 Å². The van der Waals surface area contributed by atoms with Crippen LogP contribution in [0.1, 0.15) is 39.8 Å². The fourth-order valence-electron chi connectivity index (χ4n) is 2.65. The molecule has 2 aromatic rings. The molecule has 1 aromatic carbocycles. The Hall–Kier alpha value is -2.14. The Morgan fingerprint density at radius 1 is 1.32 bits per heavy atom. The molecule has 2 rings (SSSR count). The van der Waals surface area contributed by atoms with E-state index in [4.69, 9.17) is 5.11 Å². The van der Waals surface area contributed by atoms with E-state index in [0.29, 0.717) is 12.1 Å². The highest BCUT2D eigenvalue weighted by Gasteiger charge is 2.14. The van der Waals surface area contributed by atoms with Crippen LogP contribution in [0.4, 0.5) is 4.39 Å². The van der Waals surface area contributed by atoms with Crippen molar-refractivity contribution in [3.8, 4) is 0 Å². The molecule has 0 fully saturated rings. The number of halogens is 1. The number of aryl methyl sites for hydroxylation is 1. The summed E-state index contributed by atoms with van der Waals surface area (Å²) in [6, 6.07) is 6.34. The molecule has 22 heavy (non-hydrogen) atoms. The third kappa shape index (κ3) is 3.20. The van der Waals surface area contributed by atoms with E-state index in [-0.39, 0.29) is 18.1 Å². The summed E-state index contributed by atoms with van der Waals surface area (Å²) in [5.74, 6) is -0.591. The Kier molecular flexibility index (Phi) is 4.98. The van der Waals surface area contributed by atoms with Gasteiger partial charge in [-0.3, -0.25) is 4.79 Å². The Balaban J connectivity index is 2.10. The molecule has 0 unspecified atom stereocenters. The highest BCUT2D eigenvalue weighted by atomic mass is 19.1. The molecule has 0 spiro atoms.